The lowest BCUT2D eigenvalue weighted by atomic mass is 10.4. The molecule has 0 saturated carbocycles. The van der Waals surface area contributed by atoms with E-state index in [4.69, 9.17) is 9.15 Å². The van der Waals surface area contributed by atoms with Crippen LogP contribution in [0, 0.1) is 0 Å². The molecule has 5 heteroatoms. The number of hydrogen-bond acceptors (Lipinski definition) is 4. The van der Waals surface area contributed by atoms with Crippen molar-refractivity contribution < 1.29 is 13.9 Å². The van der Waals surface area contributed by atoms with E-state index in [-0.39, 0.29) is 6.09 Å². The first-order chi connectivity index (χ1) is 7.86. The number of nitrogens with zero attached hydrogens (tertiary/aromatic N) is 1. The molecule has 0 spiro atoms. The molecule has 0 aromatic carbocycles. The van der Waals surface area contributed by atoms with E-state index in [1.807, 2.05) is 23.9 Å². The fourth-order valence-electron chi connectivity index (χ4n) is 1.55. The number of thioether (sulfide) groups is 1. The summed E-state index contributed by atoms with van der Waals surface area (Å²) in [5.74, 6) is 2.94. The predicted molar refractivity (Wildman–Crippen MR) is 62.4 cm³/mol. The molecule has 0 radical (unpaired) electrons. The van der Waals surface area contributed by atoms with Crippen LogP contribution in [0.3, 0.4) is 0 Å². The van der Waals surface area contributed by atoms with Crippen LogP contribution < -0.4 is 0 Å². The number of carbonyl (C=O) groups is 1. The van der Waals surface area contributed by atoms with Crippen molar-refractivity contribution in [2.45, 2.75) is 12.2 Å². The zero-order valence-electron chi connectivity index (χ0n) is 9.05. The zero-order valence-corrected chi connectivity index (χ0v) is 9.87. The standard InChI is InChI=1S/C11H15NO3S/c13-11-12(5-7-15-11)4-2-8-16-9-10-3-1-6-14-10/h1,3,6H,2,4-5,7-9H2. The maximum absolute atomic E-state index is 11.1. The zero-order chi connectivity index (χ0) is 11.2. The van der Waals surface area contributed by atoms with Crippen LogP contribution in [-0.4, -0.2) is 36.4 Å². The Morgan fingerprint density at radius 3 is 3.12 bits per heavy atom. The maximum Gasteiger partial charge on any atom is 0.409 e. The first-order valence-corrected chi connectivity index (χ1v) is 6.53. The fourth-order valence-corrected chi connectivity index (χ4v) is 2.40. The Labute approximate surface area is 98.9 Å². The molecule has 1 fully saturated rings. The van der Waals surface area contributed by atoms with Crippen LogP contribution in [0.5, 0.6) is 0 Å². The highest BCUT2D eigenvalue weighted by atomic mass is 32.2. The summed E-state index contributed by atoms with van der Waals surface area (Å²) in [6, 6.07) is 3.88. The van der Waals surface area contributed by atoms with Gasteiger partial charge in [-0.15, -0.1) is 0 Å². The van der Waals surface area contributed by atoms with Crippen LogP contribution >= 0.6 is 11.8 Å². The van der Waals surface area contributed by atoms with Crippen LogP contribution in [0.1, 0.15) is 12.2 Å². The molecule has 0 bridgehead atoms. The molecule has 0 unspecified atom stereocenters. The van der Waals surface area contributed by atoms with Crippen molar-refractivity contribution in [2.75, 3.05) is 25.4 Å². The third kappa shape index (κ3) is 3.20. The molecule has 0 atom stereocenters. The van der Waals surface area contributed by atoms with Crippen molar-refractivity contribution in [3.8, 4) is 0 Å². The highest BCUT2D eigenvalue weighted by Crippen LogP contribution is 2.14. The number of rotatable bonds is 6. The monoisotopic (exact) mass is 241 g/mol. The van der Waals surface area contributed by atoms with Gasteiger partial charge in [0, 0.05) is 6.54 Å². The van der Waals surface area contributed by atoms with Gasteiger partial charge in [-0.1, -0.05) is 0 Å². The molecular formula is C11H15NO3S. The van der Waals surface area contributed by atoms with Crippen molar-refractivity contribution in [2.24, 2.45) is 0 Å². The molecule has 16 heavy (non-hydrogen) atoms. The summed E-state index contributed by atoms with van der Waals surface area (Å²) in [6.07, 6.45) is 2.52. The van der Waals surface area contributed by atoms with E-state index < -0.39 is 0 Å². The van der Waals surface area contributed by atoms with Gasteiger partial charge >= 0.3 is 6.09 Å². The second-order valence-electron chi connectivity index (χ2n) is 3.59. The molecular weight excluding hydrogens is 226 g/mol. The molecule has 1 amide bonds. The second kappa shape index (κ2) is 5.84. The highest BCUT2D eigenvalue weighted by molar-refractivity contribution is 7.98. The third-order valence-corrected chi connectivity index (χ3v) is 3.45. The Morgan fingerprint density at radius 2 is 2.44 bits per heavy atom. The first-order valence-electron chi connectivity index (χ1n) is 5.38. The Balaban J connectivity index is 1.53. The highest BCUT2D eigenvalue weighted by Gasteiger charge is 2.20. The molecule has 2 heterocycles. The van der Waals surface area contributed by atoms with Gasteiger partial charge in [0.05, 0.1) is 18.6 Å². The van der Waals surface area contributed by atoms with Crippen LogP contribution in [0.25, 0.3) is 0 Å². The van der Waals surface area contributed by atoms with Gasteiger partial charge in [0.15, 0.2) is 0 Å². The van der Waals surface area contributed by atoms with Crippen molar-refractivity contribution in [3.05, 3.63) is 24.2 Å². The first kappa shape index (κ1) is 11.4. The van der Waals surface area contributed by atoms with Gasteiger partial charge in [-0.3, -0.25) is 0 Å². The second-order valence-corrected chi connectivity index (χ2v) is 4.69. The van der Waals surface area contributed by atoms with Crippen LogP contribution in [0.15, 0.2) is 22.8 Å². The fraction of sp³-hybridized carbons (Fsp3) is 0.545. The molecule has 0 N–H and O–H groups in total. The summed E-state index contributed by atoms with van der Waals surface area (Å²) in [4.78, 5) is 12.9. The molecule has 1 aliphatic rings. The smallest absolute Gasteiger partial charge is 0.409 e. The van der Waals surface area contributed by atoms with E-state index in [0.29, 0.717) is 6.61 Å². The molecule has 1 aliphatic heterocycles. The van der Waals surface area contributed by atoms with Crippen molar-refractivity contribution in [3.63, 3.8) is 0 Å². The summed E-state index contributed by atoms with van der Waals surface area (Å²) in [6.45, 7) is 2.07. The van der Waals surface area contributed by atoms with Gasteiger partial charge in [-0.2, -0.15) is 11.8 Å². The Bertz CT molecular complexity index is 326. The number of ether oxygens (including phenoxy) is 1. The van der Waals surface area contributed by atoms with Gasteiger partial charge in [0.2, 0.25) is 0 Å². The van der Waals surface area contributed by atoms with E-state index in [9.17, 15) is 4.79 Å². The van der Waals surface area contributed by atoms with E-state index in [0.717, 1.165) is 36.8 Å². The number of hydrogen-bond donors (Lipinski definition) is 0. The van der Waals surface area contributed by atoms with Crippen molar-refractivity contribution in [1.82, 2.24) is 4.90 Å². The summed E-state index contributed by atoms with van der Waals surface area (Å²) in [5.41, 5.74) is 0. The molecule has 0 aliphatic carbocycles. The summed E-state index contributed by atoms with van der Waals surface area (Å²) in [5, 5.41) is 0. The molecule has 1 aromatic heterocycles. The minimum atomic E-state index is -0.170. The van der Waals surface area contributed by atoms with Gasteiger partial charge in [-0.05, 0) is 24.3 Å². The lowest BCUT2D eigenvalue weighted by molar-refractivity contribution is 0.158. The van der Waals surface area contributed by atoms with E-state index in [2.05, 4.69) is 0 Å². The summed E-state index contributed by atoms with van der Waals surface area (Å²) in [7, 11) is 0. The number of furan rings is 1. The third-order valence-electron chi connectivity index (χ3n) is 2.39. The molecule has 1 aromatic rings. The minimum Gasteiger partial charge on any atom is -0.468 e. The Morgan fingerprint density at radius 1 is 1.50 bits per heavy atom. The summed E-state index contributed by atoms with van der Waals surface area (Å²) >= 11 is 1.82. The van der Waals surface area contributed by atoms with E-state index in [1.54, 1.807) is 11.2 Å². The lowest BCUT2D eigenvalue weighted by Crippen LogP contribution is -2.25. The molecule has 2 rings (SSSR count). The van der Waals surface area contributed by atoms with Gasteiger partial charge in [0.1, 0.15) is 12.4 Å². The van der Waals surface area contributed by atoms with Crippen molar-refractivity contribution >= 4 is 17.9 Å². The van der Waals surface area contributed by atoms with Gasteiger partial charge in [-0.25, -0.2) is 4.79 Å². The SMILES string of the molecule is O=C1OCCN1CCCSCc1ccco1. The van der Waals surface area contributed by atoms with Gasteiger partial charge in [0.25, 0.3) is 0 Å². The Kier molecular flexibility index (Phi) is 4.16. The van der Waals surface area contributed by atoms with Gasteiger partial charge < -0.3 is 14.1 Å². The maximum atomic E-state index is 11.1. The normalized spacial score (nSPS) is 15.5. The van der Waals surface area contributed by atoms with Crippen LogP contribution in [0.2, 0.25) is 0 Å². The number of cyclic esters (lactones) is 1. The molecule has 4 nitrogen and oxygen atoms in total. The van der Waals surface area contributed by atoms with E-state index >= 15 is 0 Å². The minimum absolute atomic E-state index is 0.170. The summed E-state index contributed by atoms with van der Waals surface area (Å²) < 4.78 is 10.1. The van der Waals surface area contributed by atoms with Crippen molar-refractivity contribution in [1.29, 1.82) is 0 Å². The number of amides is 1. The average molecular weight is 241 g/mol. The average Bonchev–Trinajstić information content (AvgIpc) is 2.90. The largest absolute Gasteiger partial charge is 0.468 e. The molecule has 88 valence electrons. The topological polar surface area (TPSA) is 42.7 Å². The quantitative estimate of drug-likeness (QED) is 0.717. The predicted octanol–water partition coefficient (Wildman–Crippen LogP) is 2.36. The Hall–Kier alpha value is -1.10. The number of carbonyl (C=O) groups excluding carboxylic acids is 1. The van der Waals surface area contributed by atoms with Crippen LogP contribution in [-0.2, 0) is 10.5 Å². The molecule has 1 saturated heterocycles. The van der Waals surface area contributed by atoms with Crippen LogP contribution in [0.4, 0.5) is 4.79 Å². The lowest BCUT2D eigenvalue weighted by Gasteiger charge is -2.11. The van der Waals surface area contributed by atoms with E-state index in [1.165, 1.54) is 0 Å².